The van der Waals surface area contributed by atoms with Crippen LogP contribution in [0.15, 0.2) is 11.5 Å². The van der Waals surface area contributed by atoms with Crippen molar-refractivity contribution in [2.75, 3.05) is 23.1 Å². The Hall–Kier alpha value is 0.570. The van der Waals surface area contributed by atoms with E-state index in [1.807, 2.05) is 0 Å². The lowest BCUT2D eigenvalue weighted by Gasteiger charge is -2.38. The van der Waals surface area contributed by atoms with Gasteiger partial charge in [0.15, 0.2) is 0 Å². The molecule has 0 N–H and O–H groups in total. The van der Waals surface area contributed by atoms with Crippen molar-refractivity contribution in [3.63, 3.8) is 0 Å². The molecule has 0 nitrogen and oxygen atoms in total. The molecule has 0 amide bonds. The van der Waals surface area contributed by atoms with Crippen molar-refractivity contribution in [3.05, 3.63) is 11.5 Å². The maximum absolute atomic E-state index is 3.59. The van der Waals surface area contributed by atoms with Gasteiger partial charge in [-0.15, -0.1) is 0 Å². The van der Waals surface area contributed by atoms with Crippen molar-refractivity contribution < 1.29 is 0 Å². The SMILES string of the molecule is CCCS1(C)C=CCC(CBr)C1. The van der Waals surface area contributed by atoms with E-state index in [-0.39, 0.29) is 10.0 Å². The van der Waals surface area contributed by atoms with Crippen LogP contribution in [0, 0.1) is 5.92 Å². The summed E-state index contributed by atoms with van der Waals surface area (Å²) < 4.78 is 0. The highest BCUT2D eigenvalue weighted by Crippen LogP contribution is 2.51. The van der Waals surface area contributed by atoms with Crippen LogP contribution in [-0.2, 0) is 0 Å². The molecule has 72 valence electrons. The minimum atomic E-state index is -0.362. The average molecular weight is 251 g/mol. The van der Waals surface area contributed by atoms with E-state index in [1.54, 1.807) is 0 Å². The van der Waals surface area contributed by atoms with E-state index in [9.17, 15) is 0 Å². The van der Waals surface area contributed by atoms with Gasteiger partial charge in [-0.3, -0.25) is 0 Å². The molecule has 0 aromatic rings. The zero-order valence-corrected chi connectivity index (χ0v) is 10.5. The molecule has 0 fully saturated rings. The van der Waals surface area contributed by atoms with Gasteiger partial charge in [0.1, 0.15) is 0 Å². The third-order valence-electron chi connectivity index (χ3n) is 2.40. The van der Waals surface area contributed by atoms with Crippen molar-refractivity contribution in [1.29, 1.82) is 0 Å². The average Bonchev–Trinajstić information content (AvgIpc) is 2.04. The van der Waals surface area contributed by atoms with Crippen LogP contribution in [0.3, 0.4) is 0 Å². The highest BCUT2D eigenvalue weighted by molar-refractivity contribution is 9.09. The Kier molecular flexibility index (Phi) is 4.18. The smallest absolute Gasteiger partial charge is 0.00700 e. The molecule has 0 saturated carbocycles. The van der Waals surface area contributed by atoms with Crippen LogP contribution in [0.25, 0.3) is 0 Å². The van der Waals surface area contributed by atoms with Crippen LogP contribution < -0.4 is 0 Å². The number of hydrogen-bond donors (Lipinski definition) is 0. The molecule has 1 rings (SSSR count). The monoisotopic (exact) mass is 250 g/mol. The molecule has 1 heterocycles. The maximum Gasteiger partial charge on any atom is 0.00700 e. The molecular formula is C10H19BrS. The van der Waals surface area contributed by atoms with E-state index in [0.717, 1.165) is 5.92 Å². The van der Waals surface area contributed by atoms with Gasteiger partial charge in [-0.2, -0.15) is 0 Å². The van der Waals surface area contributed by atoms with E-state index >= 15 is 0 Å². The molecule has 0 aromatic carbocycles. The van der Waals surface area contributed by atoms with E-state index in [4.69, 9.17) is 0 Å². The largest absolute Gasteiger partial charge is 0.224 e. The van der Waals surface area contributed by atoms with Crippen LogP contribution in [-0.4, -0.2) is 23.1 Å². The number of rotatable bonds is 3. The fraction of sp³-hybridized carbons (Fsp3) is 0.800. The normalized spacial score (nSPS) is 40.8. The summed E-state index contributed by atoms with van der Waals surface area (Å²) in [6.45, 7) is 2.30. The minimum Gasteiger partial charge on any atom is -0.224 e. The predicted octanol–water partition coefficient (Wildman–Crippen LogP) is 3.76. The Morgan fingerprint density at radius 1 is 1.58 bits per heavy atom. The predicted molar refractivity (Wildman–Crippen MR) is 64.6 cm³/mol. The minimum absolute atomic E-state index is 0.362. The van der Waals surface area contributed by atoms with Crippen LogP contribution in [0.5, 0.6) is 0 Å². The van der Waals surface area contributed by atoms with Crippen LogP contribution in [0.1, 0.15) is 19.8 Å². The zero-order valence-electron chi connectivity index (χ0n) is 8.05. The van der Waals surface area contributed by atoms with Gasteiger partial charge in [0.2, 0.25) is 0 Å². The molecule has 0 bridgehead atoms. The van der Waals surface area contributed by atoms with Crippen LogP contribution in [0.2, 0.25) is 0 Å². The molecule has 1 aliphatic heterocycles. The second kappa shape index (κ2) is 4.71. The van der Waals surface area contributed by atoms with Crippen molar-refractivity contribution in [1.82, 2.24) is 0 Å². The van der Waals surface area contributed by atoms with Gasteiger partial charge in [-0.25, -0.2) is 10.0 Å². The van der Waals surface area contributed by atoms with Crippen molar-refractivity contribution in [2.24, 2.45) is 5.92 Å². The van der Waals surface area contributed by atoms with Gasteiger partial charge >= 0.3 is 0 Å². The maximum atomic E-state index is 3.59. The van der Waals surface area contributed by atoms with Gasteiger partial charge < -0.3 is 0 Å². The molecule has 0 spiro atoms. The number of halogens is 1. The van der Waals surface area contributed by atoms with Gasteiger partial charge in [0.05, 0.1) is 0 Å². The first-order chi connectivity index (χ1) is 5.70. The highest BCUT2D eigenvalue weighted by atomic mass is 79.9. The molecule has 2 atom stereocenters. The molecule has 2 unspecified atom stereocenters. The Morgan fingerprint density at radius 2 is 2.33 bits per heavy atom. The van der Waals surface area contributed by atoms with Crippen LogP contribution in [0.4, 0.5) is 0 Å². The Labute approximate surface area is 86.3 Å². The van der Waals surface area contributed by atoms with Crippen LogP contribution >= 0.6 is 26.0 Å². The quantitative estimate of drug-likeness (QED) is 0.670. The summed E-state index contributed by atoms with van der Waals surface area (Å²) in [6.07, 6.45) is 7.50. The van der Waals surface area contributed by atoms with Crippen molar-refractivity contribution in [3.8, 4) is 0 Å². The lowest BCUT2D eigenvalue weighted by Crippen LogP contribution is -2.18. The first kappa shape index (κ1) is 10.6. The standard InChI is InChI=1S/C10H19BrS/c1-3-6-12(2)7-4-5-10(8-11)9-12/h4,7,10H,3,5-6,8-9H2,1-2H3. The van der Waals surface area contributed by atoms with Gasteiger partial charge in [0.25, 0.3) is 0 Å². The Bertz CT molecular complexity index is 167. The lowest BCUT2D eigenvalue weighted by molar-refractivity contribution is 0.683. The molecule has 0 aliphatic carbocycles. The number of allylic oxidation sites excluding steroid dienone is 1. The third-order valence-corrected chi connectivity index (χ3v) is 6.74. The van der Waals surface area contributed by atoms with Gasteiger partial charge in [-0.05, 0) is 36.5 Å². The molecular weight excluding hydrogens is 232 g/mol. The summed E-state index contributed by atoms with van der Waals surface area (Å²) in [5.74, 6) is 3.77. The molecule has 12 heavy (non-hydrogen) atoms. The summed E-state index contributed by atoms with van der Waals surface area (Å²) >= 11 is 3.59. The Morgan fingerprint density at radius 3 is 2.92 bits per heavy atom. The number of alkyl halides is 1. The molecule has 2 heteroatoms. The second-order valence-corrected chi connectivity index (χ2v) is 8.21. The highest BCUT2D eigenvalue weighted by Gasteiger charge is 2.22. The summed E-state index contributed by atoms with van der Waals surface area (Å²) in [6, 6.07) is 0. The first-order valence-electron chi connectivity index (χ1n) is 4.66. The van der Waals surface area contributed by atoms with E-state index in [2.05, 4.69) is 40.6 Å². The molecule has 1 aliphatic rings. The number of hydrogen-bond acceptors (Lipinski definition) is 0. The fourth-order valence-corrected chi connectivity index (χ4v) is 5.92. The van der Waals surface area contributed by atoms with Crippen molar-refractivity contribution >= 4 is 26.0 Å². The lowest BCUT2D eigenvalue weighted by atomic mass is 10.1. The fourth-order valence-electron chi connectivity index (χ4n) is 1.87. The summed E-state index contributed by atoms with van der Waals surface area (Å²) in [4.78, 5) is 0. The summed E-state index contributed by atoms with van der Waals surface area (Å²) in [5.41, 5.74) is 0. The van der Waals surface area contributed by atoms with Gasteiger partial charge in [0, 0.05) is 5.33 Å². The summed E-state index contributed by atoms with van der Waals surface area (Å²) in [7, 11) is -0.362. The van der Waals surface area contributed by atoms with E-state index < -0.39 is 0 Å². The first-order valence-corrected chi connectivity index (χ1v) is 8.23. The van der Waals surface area contributed by atoms with Crippen molar-refractivity contribution in [2.45, 2.75) is 19.8 Å². The molecule has 0 radical (unpaired) electrons. The molecule has 0 aromatic heterocycles. The third kappa shape index (κ3) is 2.81. The topological polar surface area (TPSA) is 0 Å². The Balaban J connectivity index is 2.54. The van der Waals surface area contributed by atoms with E-state index in [1.165, 1.54) is 29.7 Å². The second-order valence-electron chi connectivity index (χ2n) is 3.85. The van der Waals surface area contributed by atoms with E-state index in [0.29, 0.717) is 0 Å². The molecule has 0 saturated heterocycles. The summed E-state index contributed by atoms with van der Waals surface area (Å²) in [5, 5.41) is 3.69. The zero-order chi connectivity index (χ0) is 9.03. The van der Waals surface area contributed by atoms with Gasteiger partial charge in [-0.1, -0.05) is 34.3 Å².